The van der Waals surface area contributed by atoms with Crippen LogP contribution in [0.4, 0.5) is 4.39 Å². The predicted octanol–water partition coefficient (Wildman–Crippen LogP) is 1.07. The first-order valence-corrected chi connectivity index (χ1v) is 7.70. The quantitative estimate of drug-likeness (QED) is 0.763. The monoisotopic (exact) mass is 341 g/mol. The number of hydrogen-bond donors (Lipinski definition) is 3. The van der Waals surface area contributed by atoms with Gasteiger partial charge >= 0.3 is 0 Å². The minimum Gasteiger partial charge on any atom is -0.484 e. The Morgan fingerprint density at radius 3 is 2.70 bits per heavy atom. The lowest BCUT2D eigenvalue weighted by Crippen LogP contribution is -2.75. The molecule has 0 radical (unpaired) electrons. The van der Waals surface area contributed by atoms with E-state index in [2.05, 4.69) is 10.6 Å². The third-order valence-electron chi connectivity index (χ3n) is 4.43. The SMILES string of the molecule is NC12CCC(NC(=O)COc3ccc(Cl)c(F)c3)(CC1)C(=O)N2. The van der Waals surface area contributed by atoms with Gasteiger partial charge in [-0.15, -0.1) is 0 Å². The van der Waals surface area contributed by atoms with Gasteiger partial charge in [0.1, 0.15) is 17.1 Å². The van der Waals surface area contributed by atoms with E-state index in [1.807, 2.05) is 0 Å². The first kappa shape index (κ1) is 16.0. The highest BCUT2D eigenvalue weighted by Crippen LogP contribution is 2.37. The highest BCUT2D eigenvalue weighted by atomic mass is 35.5. The van der Waals surface area contributed by atoms with Crippen LogP contribution in [0.25, 0.3) is 0 Å². The number of benzene rings is 1. The Morgan fingerprint density at radius 2 is 2.09 bits per heavy atom. The highest BCUT2D eigenvalue weighted by Gasteiger charge is 2.53. The van der Waals surface area contributed by atoms with Crippen LogP contribution in [0, 0.1) is 5.82 Å². The number of amides is 2. The summed E-state index contributed by atoms with van der Waals surface area (Å²) in [5, 5.41) is 5.46. The van der Waals surface area contributed by atoms with Crippen molar-refractivity contribution >= 4 is 23.4 Å². The summed E-state index contributed by atoms with van der Waals surface area (Å²) >= 11 is 5.58. The Bertz CT molecular complexity index is 659. The molecule has 1 aromatic carbocycles. The smallest absolute Gasteiger partial charge is 0.258 e. The van der Waals surface area contributed by atoms with Gasteiger partial charge in [0.15, 0.2) is 6.61 Å². The van der Waals surface area contributed by atoms with Gasteiger partial charge in [0, 0.05) is 6.07 Å². The van der Waals surface area contributed by atoms with Crippen molar-refractivity contribution in [2.45, 2.75) is 36.9 Å². The van der Waals surface area contributed by atoms with E-state index in [9.17, 15) is 14.0 Å². The molecule has 3 fully saturated rings. The lowest BCUT2D eigenvalue weighted by atomic mass is 9.71. The summed E-state index contributed by atoms with van der Waals surface area (Å²) in [5.74, 6) is -1.14. The molecule has 8 heteroatoms. The first-order chi connectivity index (χ1) is 10.8. The third-order valence-corrected chi connectivity index (χ3v) is 4.74. The summed E-state index contributed by atoms with van der Waals surface area (Å²) in [6.45, 7) is -0.316. The Hall–Kier alpha value is -1.86. The number of ether oxygens (including phenoxy) is 1. The van der Waals surface area contributed by atoms with Crippen LogP contribution < -0.4 is 21.1 Å². The Morgan fingerprint density at radius 1 is 1.39 bits per heavy atom. The number of rotatable bonds is 4. The second-order valence-corrected chi connectivity index (χ2v) is 6.51. The molecule has 2 saturated heterocycles. The molecule has 6 nitrogen and oxygen atoms in total. The molecule has 2 aliphatic heterocycles. The number of halogens is 2. The standard InChI is InChI=1S/C15H17ClFN3O3/c16-10-2-1-9(7-11(10)17)23-8-12(21)19-14-3-5-15(18,6-4-14)20-13(14)22/h1-2,7H,3-6,8,18H2,(H,19,21)(H,20,22). The fraction of sp³-hybridized carbons (Fsp3) is 0.467. The van der Waals surface area contributed by atoms with Gasteiger partial charge in [-0.3, -0.25) is 9.59 Å². The minimum atomic E-state index is -0.924. The Kier molecular flexibility index (Phi) is 3.93. The van der Waals surface area contributed by atoms with Crippen LogP contribution >= 0.6 is 11.6 Å². The van der Waals surface area contributed by atoms with Crippen LogP contribution in [0.2, 0.25) is 5.02 Å². The lowest BCUT2D eigenvalue weighted by Gasteiger charge is -2.51. The van der Waals surface area contributed by atoms with Crippen molar-refractivity contribution in [3.63, 3.8) is 0 Å². The molecule has 4 rings (SSSR count). The Balaban J connectivity index is 1.59. The van der Waals surface area contributed by atoms with Gasteiger partial charge in [-0.25, -0.2) is 4.39 Å². The summed E-state index contributed by atoms with van der Waals surface area (Å²) in [7, 11) is 0. The average molecular weight is 342 g/mol. The number of fused-ring (bicyclic) bond motifs is 3. The summed E-state index contributed by atoms with van der Waals surface area (Å²) in [6.07, 6.45) is 2.22. The molecule has 2 bridgehead atoms. The molecule has 1 aliphatic carbocycles. The van der Waals surface area contributed by atoms with Crippen molar-refractivity contribution in [3.8, 4) is 5.75 Å². The zero-order chi connectivity index (χ0) is 16.7. The number of carbonyl (C=O) groups excluding carboxylic acids is 2. The summed E-state index contributed by atoms with van der Waals surface area (Å²) in [6, 6.07) is 3.91. The van der Waals surface area contributed by atoms with E-state index in [4.69, 9.17) is 22.1 Å². The molecule has 23 heavy (non-hydrogen) atoms. The molecular weight excluding hydrogens is 325 g/mol. The molecule has 0 unspecified atom stereocenters. The van der Waals surface area contributed by atoms with E-state index < -0.39 is 22.9 Å². The van der Waals surface area contributed by atoms with Crippen LogP contribution in [0.1, 0.15) is 25.7 Å². The molecule has 2 amide bonds. The molecule has 4 N–H and O–H groups in total. The number of nitrogens with two attached hydrogens (primary N) is 1. The number of carbonyl (C=O) groups is 2. The minimum absolute atomic E-state index is 0.0213. The van der Waals surface area contributed by atoms with Crippen LogP contribution in [0.15, 0.2) is 18.2 Å². The number of nitrogens with one attached hydrogen (secondary N) is 2. The number of hydrogen-bond acceptors (Lipinski definition) is 4. The van der Waals surface area contributed by atoms with E-state index in [-0.39, 0.29) is 23.3 Å². The zero-order valence-corrected chi connectivity index (χ0v) is 13.1. The van der Waals surface area contributed by atoms with Gasteiger partial charge in [0.2, 0.25) is 5.91 Å². The highest BCUT2D eigenvalue weighted by molar-refractivity contribution is 6.30. The predicted molar refractivity (Wildman–Crippen MR) is 81.3 cm³/mol. The van der Waals surface area contributed by atoms with Crippen LogP contribution in [-0.2, 0) is 9.59 Å². The molecule has 0 spiro atoms. The number of piperidine rings is 2. The van der Waals surface area contributed by atoms with Crippen molar-refractivity contribution in [2.24, 2.45) is 5.73 Å². The summed E-state index contributed by atoms with van der Waals surface area (Å²) < 4.78 is 18.5. The van der Waals surface area contributed by atoms with Crippen molar-refractivity contribution in [2.75, 3.05) is 6.61 Å². The maximum absolute atomic E-state index is 13.3. The van der Waals surface area contributed by atoms with Crippen molar-refractivity contribution in [1.29, 1.82) is 0 Å². The second kappa shape index (κ2) is 5.65. The molecule has 1 saturated carbocycles. The van der Waals surface area contributed by atoms with Crippen molar-refractivity contribution < 1.29 is 18.7 Å². The summed E-state index contributed by atoms with van der Waals surface area (Å²) in [5.41, 5.74) is 4.45. The molecule has 0 atom stereocenters. The van der Waals surface area contributed by atoms with Crippen molar-refractivity contribution in [1.82, 2.24) is 10.6 Å². The fourth-order valence-electron chi connectivity index (χ4n) is 3.02. The molecule has 3 aliphatic rings. The largest absolute Gasteiger partial charge is 0.484 e. The second-order valence-electron chi connectivity index (χ2n) is 6.11. The lowest BCUT2D eigenvalue weighted by molar-refractivity contribution is -0.143. The van der Waals surface area contributed by atoms with Crippen LogP contribution in [0.5, 0.6) is 5.75 Å². The maximum Gasteiger partial charge on any atom is 0.258 e. The normalized spacial score (nSPS) is 29.1. The average Bonchev–Trinajstić information content (AvgIpc) is 2.50. The van der Waals surface area contributed by atoms with Gasteiger partial charge in [-0.1, -0.05) is 11.6 Å². The van der Waals surface area contributed by atoms with Crippen molar-refractivity contribution in [3.05, 3.63) is 29.0 Å². The third kappa shape index (κ3) is 3.11. The first-order valence-electron chi connectivity index (χ1n) is 7.32. The summed E-state index contributed by atoms with van der Waals surface area (Å²) in [4.78, 5) is 24.2. The van der Waals surface area contributed by atoms with E-state index in [0.717, 1.165) is 6.07 Å². The van der Waals surface area contributed by atoms with E-state index in [1.54, 1.807) is 0 Å². The van der Waals surface area contributed by atoms with Crippen LogP contribution in [0.3, 0.4) is 0 Å². The van der Waals surface area contributed by atoms with E-state index >= 15 is 0 Å². The van der Waals surface area contributed by atoms with Gasteiger partial charge in [-0.2, -0.15) is 0 Å². The molecular formula is C15H17ClFN3O3. The van der Waals surface area contributed by atoms with Crippen LogP contribution in [-0.4, -0.2) is 29.6 Å². The molecule has 1 aromatic rings. The Labute approximate surface area is 137 Å². The van der Waals surface area contributed by atoms with E-state index in [0.29, 0.717) is 25.7 Å². The van der Waals surface area contributed by atoms with Gasteiger partial charge < -0.3 is 21.1 Å². The van der Waals surface area contributed by atoms with E-state index in [1.165, 1.54) is 12.1 Å². The topological polar surface area (TPSA) is 93.4 Å². The van der Waals surface area contributed by atoms with Gasteiger partial charge in [0.05, 0.1) is 10.7 Å². The molecule has 0 aromatic heterocycles. The van der Waals surface area contributed by atoms with Gasteiger partial charge in [-0.05, 0) is 37.8 Å². The van der Waals surface area contributed by atoms with Gasteiger partial charge in [0.25, 0.3) is 5.91 Å². The fourth-order valence-corrected chi connectivity index (χ4v) is 3.14. The molecule has 124 valence electrons. The zero-order valence-electron chi connectivity index (χ0n) is 12.3. The molecule has 2 heterocycles. The maximum atomic E-state index is 13.3.